The molecule has 2 heterocycles. The maximum atomic E-state index is 13.2. The Morgan fingerprint density at radius 3 is 2.82 bits per heavy atom. The fourth-order valence-electron chi connectivity index (χ4n) is 3.85. The predicted octanol–water partition coefficient (Wildman–Crippen LogP) is 2.77. The number of carbonyl (C=O) groups excluding carboxylic acids is 1. The molecule has 0 radical (unpaired) electrons. The van der Waals surface area contributed by atoms with Gasteiger partial charge >= 0.3 is 0 Å². The van der Waals surface area contributed by atoms with Crippen molar-refractivity contribution in [2.24, 2.45) is 0 Å². The van der Waals surface area contributed by atoms with Crippen LogP contribution < -0.4 is 10.2 Å². The zero-order valence-corrected chi connectivity index (χ0v) is 12.8. The quantitative estimate of drug-likeness (QED) is 0.923. The van der Waals surface area contributed by atoms with Gasteiger partial charge in [-0.3, -0.25) is 4.79 Å². The van der Waals surface area contributed by atoms with Gasteiger partial charge in [-0.15, -0.1) is 0 Å². The second kappa shape index (κ2) is 4.96. The lowest BCUT2D eigenvalue weighted by atomic mass is 9.81. The van der Waals surface area contributed by atoms with E-state index < -0.39 is 0 Å². The molecular weight excluding hydrogens is 272 g/mol. The molecule has 0 aliphatic carbocycles. The number of amides is 1. The number of carbonyl (C=O) groups is 1. The summed E-state index contributed by atoms with van der Waals surface area (Å²) in [5.41, 5.74) is 4.34. The van der Waals surface area contributed by atoms with Crippen molar-refractivity contribution in [1.29, 1.82) is 0 Å². The Morgan fingerprint density at radius 2 is 2.05 bits per heavy atom. The average Bonchev–Trinajstić information content (AvgIpc) is 3.10. The summed E-state index contributed by atoms with van der Waals surface area (Å²) in [6.07, 6.45) is 0.896. The number of para-hydroxylation sites is 1. The van der Waals surface area contributed by atoms with Gasteiger partial charge in [-0.25, -0.2) is 0 Å². The number of benzene rings is 2. The first kappa shape index (κ1) is 13.5. The van der Waals surface area contributed by atoms with Crippen LogP contribution in [0.5, 0.6) is 0 Å². The fraction of sp³-hybridized carbons (Fsp3) is 0.316. The van der Waals surface area contributed by atoms with Gasteiger partial charge < -0.3 is 10.2 Å². The van der Waals surface area contributed by atoms with Crippen LogP contribution in [0.15, 0.2) is 48.5 Å². The summed E-state index contributed by atoms with van der Waals surface area (Å²) in [4.78, 5) is 15.1. The fourth-order valence-corrected chi connectivity index (χ4v) is 3.85. The molecular formula is C19H20N2O. The van der Waals surface area contributed by atoms with Gasteiger partial charge in [0.1, 0.15) is 0 Å². The van der Waals surface area contributed by atoms with Crippen molar-refractivity contribution in [3.63, 3.8) is 0 Å². The van der Waals surface area contributed by atoms with Crippen LogP contribution in [0.25, 0.3) is 0 Å². The number of aryl methyl sites for hydroxylation is 1. The molecule has 3 heteroatoms. The third-order valence-corrected chi connectivity index (χ3v) is 4.94. The Hall–Kier alpha value is -2.13. The van der Waals surface area contributed by atoms with Gasteiger partial charge in [-0.2, -0.15) is 0 Å². The molecule has 22 heavy (non-hydrogen) atoms. The van der Waals surface area contributed by atoms with Crippen molar-refractivity contribution >= 4 is 11.6 Å². The first-order chi connectivity index (χ1) is 10.7. The van der Waals surface area contributed by atoms with Crippen LogP contribution >= 0.6 is 0 Å². The normalized spacial score (nSPS) is 23.3. The van der Waals surface area contributed by atoms with E-state index in [1.54, 1.807) is 0 Å². The van der Waals surface area contributed by atoms with Gasteiger partial charge in [0, 0.05) is 12.2 Å². The standard InChI is InChI=1S/C19H20N2O/c1-14-5-4-6-15(11-14)12-21-17-8-3-2-7-16(17)19(18(21)22)9-10-20-13-19/h2-8,11,20H,9-10,12-13H2,1H3. The highest BCUT2D eigenvalue weighted by molar-refractivity contribution is 6.08. The van der Waals surface area contributed by atoms with Crippen molar-refractivity contribution in [3.05, 3.63) is 65.2 Å². The number of hydrogen-bond acceptors (Lipinski definition) is 2. The summed E-state index contributed by atoms with van der Waals surface area (Å²) in [7, 11) is 0. The zero-order valence-electron chi connectivity index (χ0n) is 12.8. The summed E-state index contributed by atoms with van der Waals surface area (Å²) in [5, 5.41) is 3.37. The minimum absolute atomic E-state index is 0.250. The molecule has 4 rings (SSSR count). The lowest BCUT2D eigenvalue weighted by Crippen LogP contribution is -2.41. The topological polar surface area (TPSA) is 32.3 Å². The highest BCUT2D eigenvalue weighted by atomic mass is 16.2. The lowest BCUT2D eigenvalue weighted by molar-refractivity contribution is -0.122. The van der Waals surface area contributed by atoms with Crippen LogP contribution in [-0.4, -0.2) is 19.0 Å². The second-order valence-corrected chi connectivity index (χ2v) is 6.41. The summed E-state index contributed by atoms with van der Waals surface area (Å²) in [5.74, 6) is 0.250. The highest BCUT2D eigenvalue weighted by Gasteiger charge is 2.51. The molecule has 1 N–H and O–H groups in total. The van der Waals surface area contributed by atoms with Gasteiger partial charge in [0.15, 0.2) is 0 Å². The Bertz CT molecular complexity index is 732. The van der Waals surface area contributed by atoms with E-state index in [-0.39, 0.29) is 11.3 Å². The molecule has 2 aromatic carbocycles. The van der Waals surface area contributed by atoms with Crippen molar-refractivity contribution in [2.45, 2.75) is 25.3 Å². The van der Waals surface area contributed by atoms with E-state index in [2.05, 4.69) is 48.6 Å². The predicted molar refractivity (Wildman–Crippen MR) is 88.0 cm³/mol. The first-order valence-corrected chi connectivity index (χ1v) is 7.88. The van der Waals surface area contributed by atoms with Gasteiger partial charge in [0.05, 0.1) is 12.0 Å². The number of rotatable bonds is 2. The van der Waals surface area contributed by atoms with Crippen LogP contribution in [0.4, 0.5) is 5.69 Å². The zero-order chi connectivity index (χ0) is 15.2. The second-order valence-electron chi connectivity index (χ2n) is 6.41. The van der Waals surface area contributed by atoms with Crippen molar-refractivity contribution in [1.82, 2.24) is 5.32 Å². The molecule has 1 atom stereocenters. The van der Waals surface area contributed by atoms with E-state index in [1.165, 1.54) is 16.7 Å². The Kier molecular flexibility index (Phi) is 3.05. The molecule has 2 aliphatic heterocycles. The molecule has 1 unspecified atom stereocenters. The van der Waals surface area contributed by atoms with E-state index in [0.717, 1.165) is 25.2 Å². The summed E-state index contributed by atoms with van der Waals surface area (Å²) < 4.78 is 0. The highest BCUT2D eigenvalue weighted by Crippen LogP contribution is 2.45. The van der Waals surface area contributed by atoms with E-state index in [0.29, 0.717) is 6.54 Å². The molecule has 3 nitrogen and oxygen atoms in total. The SMILES string of the molecule is Cc1cccc(CN2C(=O)C3(CCNC3)c3ccccc32)c1. The number of fused-ring (bicyclic) bond motifs is 2. The number of nitrogens with one attached hydrogen (secondary N) is 1. The third kappa shape index (κ3) is 1.89. The largest absolute Gasteiger partial charge is 0.315 e. The molecule has 0 aromatic heterocycles. The van der Waals surface area contributed by atoms with Gasteiger partial charge in [-0.05, 0) is 37.1 Å². The maximum Gasteiger partial charge on any atom is 0.239 e. The molecule has 1 fully saturated rings. The van der Waals surface area contributed by atoms with E-state index >= 15 is 0 Å². The summed E-state index contributed by atoms with van der Waals surface area (Å²) >= 11 is 0. The molecule has 0 saturated carbocycles. The average molecular weight is 292 g/mol. The third-order valence-electron chi connectivity index (χ3n) is 4.94. The minimum atomic E-state index is -0.347. The molecule has 1 saturated heterocycles. The number of hydrogen-bond donors (Lipinski definition) is 1. The molecule has 0 bridgehead atoms. The van der Waals surface area contributed by atoms with Crippen LogP contribution in [-0.2, 0) is 16.8 Å². The van der Waals surface area contributed by atoms with E-state index in [1.807, 2.05) is 17.0 Å². The van der Waals surface area contributed by atoms with Crippen molar-refractivity contribution in [2.75, 3.05) is 18.0 Å². The van der Waals surface area contributed by atoms with E-state index in [9.17, 15) is 4.79 Å². The summed E-state index contributed by atoms with van der Waals surface area (Å²) in [6, 6.07) is 16.7. The Balaban J connectivity index is 1.76. The van der Waals surface area contributed by atoms with Crippen LogP contribution in [0.2, 0.25) is 0 Å². The number of anilines is 1. The molecule has 2 aromatic rings. The lowest BCUT2D eigenvalue weighted by Gasteiger charge is -2.23. The van der Waals surface area contributed by atoms with Gasteiger partial charge in [-0.1, -0.05) is 48.0 Å². The number of nitrogens with zero attached hydrogens (tertiary/aromatic N) is 1. The van der Waals surface area contributed by atoms with Crippen molar-refractivity contribution < 1.29 is 4.79 Å². The van der Waals surface area contributed by atoms with Crippen LogP contribution in [0.1, 0.15) is 23.1 Å². The molecule has 112 valence electrons. The Labute approximate surface area is 131 Å². The minimum Gasteiger partial charge on any atom is -0.315 e. The maximum absolute atomic E-state index is 13.2. The molecule has 2 aliphatic rings. The van der Waals surface area contributed by atoms with Crippen LogP contribution in [0, 0.1) is 6.92 Å². The van der Waals surface area contributed by atoms with Crippen molar-refractivity contribution in [3.8, 4) is 0 Å². The monoisotopic (exact) mass is 292 g/mol. The van der Waals surface area contributed by atoms with E-state index in [4.69, 9.17) is 0 Å². The molecule has 1 spiro atoms. The first-order valence-electron chi connectivity index (χ1n) is 7.88. The summed E-state index contributed by atoms with van der Waals surface area (Å²) in [6.45, 7) is 4.41. The molecule has 1 amide bonds. The smallest absolute Gasteiger partial charge is 0.239 e. The Morgan fingerprint density at radius 1 is 1.18 bits per heavy atom. The van der Waals surface area contributed by atoms with Gasteiger partial charge in [0.2, 0.25) is 5.91 Å². The van der Waals surface area contributed by atoms with Crippen LogP contribution in [0.3, 0.4) is 0 Å². The van der Waals surface area contributed by atoms with Gasteiger partial charge in [0.25, 0.3) is 0 Å².